The first kappa shape index (κ1) is 13.6. The van der Waals surface area contributed by atoms with Crippen LogP contribution in [0.5, 0.6) is 5.75 Å². The fourth-order valence-electron chi connectivity index (χ4n) is 2.54. The molecule has 0 unspecified atom stereocenters. The van der Waals surface area contributed by atoms with E-state index in [2.05, 4.69) is 24.6 Å². The van der Waals surface area contributed by atoms with E-state index in [1.807, 2.05) is 37.3 Å². The Labute approximate surface area is 129 Å². The summed E-state index contributed by atoms with van der Waals surface area (Å²) in [5.74, 6) is 3.03. The monoisotopic (exact) mass is 290 g/mol. The Morgan fingerprint density at radius 3 is 2.57 bits per heavy atom. The molecule has 0 aliphatic rings. The summed E-state index contributed by atoms with van der Waals surface area (Å²) in [5.41, 5.74) is 4.06. The van der Waals surface area contributed by atoms with Gasteiger partial charge in [-0.25, -0.2) is 0 Å². The predicted octanol–water partition coefficient (Wildman–Crippen LogP) is 4.79. The number of benzene rings is 3. The smallest absolute Gasteiger partial charge is 0.116 e. The van der Waals surface area contributed by atoms with Crippen molar-refractivity contribution in [2.24, 2.45) is 0 Å². The number of fused-ring (bicyclic) bond motifs is 1. The second kappa shape index (κ2) is 5.20. The molecule has 1 nitrogen and oxygen atoms in total. The summed E-state index contributed by atoms with van der Waals surface area (Å²) in [6.45, 7) is 2.03. The van der Waals surface area contributed by atoms with Crippen molar-refractivity contribution in [2.75, 3.05) is 0 Å². The Morgan fingerprint density at radius 1 is 1.05 bits per heavy atom. The van der Waals surface area contributed by atoms with Crippen molar-refractivity contribution >= 4 is 23.4 Å². The summed E-state index contributed by atoms with van der Waals surface area (Å²) >= 11 is 4.41. The van der Waals surface area contributed by atoms with Crippen LogP contribution in [0.25, 0.3) is 21.9 Å². The fraction of sp³-hybridized carbons (Fsp3) is 0.0526. The molecule has 0 aromatic heterocycles. The topological polar surface area (TPSA) is 20.2 Å². The van der Waals surface area contributed by atoms with Crippen molar-refractivity contribution in [3.05, 3.63) is 59.7 Å². The maximum atomic E-state index is 9.59. The number of aryl methyl sites for hydroxylation is 1. The highest BCUT2D eigenvalue weighted by molar-refractivity contribution is 7.80. The Bertz CT molecular complexity index is 888. The minimum absolute atomic E-state index is 0.244. The lowest BCUT2D eigenvalue weighted by Crippen LogP contribution is -1.88. The van der Waals surface area contributed by atoms with E-state index in [9.17, 15) is 5.11 Å². The highest BCUT2D eigenvalue weighted by Gasteiger charge is 2.09. The number of aromatic hydroxyl groups is 1. The van der Waals surface area contributed by atoms with Gasteiger partial charge in [0.2, 0.25) is 0 Å². The average molecular weight is 290 g/mol. The van der Waals surface area contributed by atoms with Gasteiger partial charge in [-0.3, -0.25) is 0 Å². The van der Waals surface area contributed by atoms with Gasteiger partial charge in [-0.05, 0) is 58.7 Å². The number of thiol groups is 1. The van der Waals surface area contributed by atoms with Crippen LogP contribution in [0, 0.1) is 19.3 Å². The fourth-order valence-corrected chi connectivity index (χ4v) is 2.68. The number of hydrogen-bond acceptors (Lipinski definition) is 2. The van der Waals surface area contributed by atoms with E-state index in [-0.39, 0.29) is 5.75 Å². The molecule has 102 valence electrons. The third-order valence-electron chi connectivity index (χ3n) is 3.66. The van der Waals surface area contributed by atoms with Crippen LogP contribution in [0.3, 0.4) is 0 Å². The van der Waals surface area contributed by atoms with Gasteiger partial charge in [-0.2, -0.15) is 0 Å². The summed E-state index contributed by atoms with van der Waals surface area (Å²) < 4.78 is 0. The standard InChI is InChI=1S/C19H14OS/c1-3-16-17(13-5-9-19(21)12(2)10-13)7-4-14-11-15(20)6-8-18(14)16/h1,4-11,20-21H,2H3. The second-order valence-electron chi connectivity index (χ2n) is 5.04. The summed E-state index contributed by atoms with van der Waals surface area (Å²) in [5, 5.41) is 11.5. The van der Waals surface area contributed by atoms with E-state index in [0.717, 1.165) is 37.9 Å². The molecule has 0 amide bonds. The zero-order valence-electron chi connectivity index (χ0n) is 11.6. The van der Waals surface area contributed by atoms with Gasteiger partial charge in [0.05, 0.1) is 0 Å². The molecule has 0 saturated carbocycles. The third kappa shape index (κ3) is 2.37. The Hall–Kier alpha value is -2.37. The van der Waals surface area contributed by atoms with Crippen LogP contribution >= 0.6 is 12.6 Å². The molecule has 0 fully saturated rings. The molecule has 3 aromatic carbocycles. The SMILES string of the molecule is C#Cc1c(-c2ccc(S)c(C)c2)ccc2cc(O)ccc12. The van der Waals surface area contributed by atoms with Crippen LogP contribution in [0.1, 0.15) is 11.1 Å². The molecular formula is C19H14OS. The quantitative estimate of drug-likeness (QED) is 0.487. The number of phenols is 1. The van der Waals surface area contributed by atoms with E-state index < -0.39 is 0 Å². The molecule has 0 radical (unpaired) electrons. The average Bonchev–Trinajstić information content (AvgIpc) is 2.48. The van der Waals surface area contributed by atoms with Gasteiger partial charge in [0.15, 0.2) is 0 Å². The van der Waals surface area contributed by atoms with Gasteiger partial charge in [-0.15, -0.1) is 19.1 Å². The molecule has 2 heteroatoms. The van der Waals surface area contributed by atoms with Crippen molar-refractivity contribution in [3.63, 3.8) is 0 Å². The van der Waals surface area contributed by atoms with Gasteiger partial charge in [0.25, 0.3) is 0 Å². The van der Waals surface area contributed by atoms with Crippen molar-refractivity contribution in [2.45, 2.75) is 11.8 Å². The molecule has 0 aliphatic heterocycles. The summed E-state index contributed by atoms with van der Waals surface area (Å²) in [6.07, 6.45) is 5.73. The largest absolute Gasteiger partial charge is 0.508 e. The van der Waals surface area contributed by atoms with Crippen LogP contribution in [0.4, 0.5) is 0 Å². The summed E-state index contributed by atoms with van der Waals surface area (Å²) in [4.78, 5) is 0.965. The molecule has 0 atom stereocenters. The number of rotatable bonds is 1. The molecule has 0 heterocycles. The van der Waals surface area contributed by atoms with Crippen molar-refractivity contribution in [3.8, 4) is 29.2 Å². The number of hydrogen-bond donors (Lipinski definition) is 2. The normalized spacial score (nSPS) is 10.5. The third-order valence-corrected chi connectivity index (χ3v) is 4.16. The van der Waals surface area contributed by atoms with Crippen molar-refractivity contribution in [1.82, 2.24) is 0 Å². The zero-order valence-corrected chi connectivity index (χ0v) is 12.5. The van der Waals surface area contributed by atoms with Crippen LogP contribution in [0.15, 0.2) is 53.4 Å². The van der Waals surface area contributed by atoms with Crippen LogP contribution in [-0.2, 0) is 0 Å². The number of phenolic OH excluding ortho intramolecular Hbond substituents is 1. The van der Waals surface area contributed by atoms with E-state index in [1.54, 1.807) is 12.1 Å². The molecule has 21 heavy (non-hydrogen) atoms. The van der Waals surface area contributed by atoms with Gasteiger partial charge in [-0.1, -0.05) is 30.2 Å². The molecule has 0 aliphatic carbocycles. The Kier molecular flexibility index (Phi) is 3.37. The van der Waals surface area contributed by atoms with Crippen LogP contribution < -0.4 is 0 Å². The molecular weight excluding hydrogens is 276 g/mol. The zero-order chi connectivity index (χ0) is 15.0. The maximum absolute atomic E-state index is 9.59. The lowest BCUT2D eigenvalue weighted by atomic mass is 9.94. The predicted molar refractivity (Wildman–Crippen MR) is 91.0 cm³/mol. The van der Waals surface area contributed by atoms with E-state index >= 15 is 0 Å². The Morgan fingerprint density at radius 2 is 1.86 bits per heavy atom. The van der Waals surface area contributed by atoms with E-state index in [4.69, 9.17) is 6.42 Å². The highest BCUT2D eigenvalue weighted by atomic mass is 32.1. The summed E-state index contributed by atoms with van der Waals surface area (Å²) in [6, 6.07) is 15.3. The molecule has 0 saturated heterocycles. The second-order valence-corrected chi connectivity index (χ2v) is 5.52. The van der Waals surface area contributed by atoms with Gasteiger partial charge in [0, 0.05) is 10.5 Å². The van der Waals surface area contributed by atoms with Gasteiger partial charge >= 0.3 is 0 Å². The van der Waals surface area contributed by atoms with Crippen LogP contribution in [0.2, 0.25) is 0 Å². The lowest BCUT2D eigenvalue weighted by Gasteiger charge is -2.11. The minimum Gasteiger partial charge on any atom is -0.508 e. The minimum atomic E-state index is 0.244. The van der Waals surface area contributed by atoms with Gasteiger partial charge < -0.3 is 5.11 Å². The maximum Gasteiger partial charge on any atom is 0.116 e. The molecule has 1 N–H and O–H groups in total. The van der Waals surface area contributed by atoms with Gasteiger partial charge in [0.1, 0.15) is 5.75 Å². The van der Waals surface area contributed by atoms with Crippen molar-refractivity contribution in [1.29, 1.82) is 0 Å². The summed E-state index contributed by atoms with van der Waals surface area (Å²) in [7, 11) is 0. The first-order valence-corrected chi connectivity index (χ1v) is 7.07. The first-order chi connectivity index (χ1) is 10.1. The highest BCUT2D eigenvalue weighted by Crippen LogP contribution is 2.32. The molecule has 0 bridgehead atoms. The van der Waals surface area contributed by atoms with Crippen molar-refractivity contribution < 1.29 is 5.11 Å². The lowest BCUT2D eigenvalue weighted by molar-refractivity contribution is 0.476. The molecule has 3 rings (SSSR count). The Balaban J connectivity index is 2.30. The molecule has 3 aromatic rings. The first-order valence-electron chi connectivity index (χ1n) is 6.62. The molecule has 0 spiro atoms. The van der Waals surface area contributed by atoms with Crippen LogP contribution in [-0.4, -0.2) is 5.11 Å². The number of terminal acetylenes is 1. The van der Waals surface area contributed by atoms with E-state index in [1.165, 1.54) is 0 Å². The van der Waals surface area contributed by atoms with E-state index in [0.29, 0.717) is 0 Å².